The number of amides is 1. The normalized spacial score (nSPS) is 29.1. The van der Waals surface area contributed by atoms with Gasteiger partial charge in [-0.15, -0.1) is 0 Å². The highest BCUT2D eigenvalue weighted by Crippen LogP contribution is 2.34. The van der Waals surface area contributed by atoms with Gasteiger partial charge in [0, 0.05) is 6.04 Å². The summed E-state index contributed by atoms with van der Waals surface area (Å²) in [5.74, 6) is 1.11. The van der Waals surface area contributed by atoms with Gasteiger partial charge in [-0.3, -0.25) is 10.1 Å². The lowest BCUT2D eigenvalue weighted by molar-refractivity contribution is -0.134. The van der Waals surface area contributed by atoms with Crippen molar-refractivity contribution in [2.24, 2.45) is 5.92 Å². The van der Waals surface area contributed by atoms with E-state index in [0.29, 0.717) is 11.9 Å². The molecule has 3 atom stereocenters. The third kappa shape index (κ3) is 3.80. The van der Waals surface area contributed by atoms with Gasteiger partial charge in [-0.1, -0.05) is 52.9 Å². The van der Waals surface area contributed by atoms with E-state index in [0.717, 1.165) is 38.0 Å². The van der Waals surface area contributed by atoms with Crippen LogP contribution in [-0.2, 0) is 4.79 Å². The zero-order valence-electron chi connectivity index (χ0n) is 14.2. The van der Waals surface area contributed by atoms with Gasteiger partial charge >= 0.3 is 0 Å². The first-order chi connectivity index (χ1) is 10.2. The van der Waals surface area contributed by atoms with Crippen molar-refractivity contribution in [2.45, 2.75) is 103 Å². The predicted molar refractivity (Wildman–Crippen MR) is 88.0 cm³/mol. The number of carbonyl (C=O) groups excluding carboxylic acids is 1. The molecule has 1 amide bonds. The highest BCUT2D eigenvalue weighted by Gasteiger charge is 2.43. The Morgan fingerprint density at radius 1 is 1.10 bits per heavy atom. The average Bonchev–Trinajstić information content (AvgIpc) is 2.79. The lowest BCUT2D eigenvalue weighted by Gasteiger charge is -2.39. The topological polar surface area (TPSA) is 32.3 Å². The van der Waals surface area contributed by atoms with Gasteiger partial charge in [-0.05, 0) is 38.0 Å². The maximum Gasteiger partial charge on any atom is 0.241 e. The highest BCUT2D eigenvalue weighted by molar-refractivity contribution is 5.84. The molecule has 0 aromatic heterocycles. The molecule has 2 rings (SSSR count). The van der Waals surface area contributed by atoms with Crippen molar-refractivity contribution < 1.29 is 4.79 Å². The largest absolute Gasteiger partial charge is 0.323 e. The zero-order valence-corrected chi connectivity index (χ0v) is 14.2. The van der Waals surface area contributed by atoms with Crippen LogP contribution in [0.25, 0.3) is 0 Å². The van der Waals surface area contributed by atoms with Crippen LogP contribution < -0.4 is 5.32 Å². The molecule has 0 spiro atoms. The summed E-state index contributed by atoms with van der Waals surface area (Å²) in [6, 6.07) is 0.535. The molecule has 3 unspecified atom stereocenters. The molecule has 1 saturated heterocycles. The maximum absolute atomic E-state index is 12.9. The lowest BCUT2D eigenvalue weighted by Crippen LogP contribution is -2.48. The number of rotatable bonds is 7. The van der Waals surface area contributed by atoms with Gasteiger partial charge in [0.05, 0.1) is 12.2 Å². The second-order valence-electron chi connectivity index (χ2n) is 6.93. The number of hydrogen-bond donors (Lipinski definition) is 1. The summed E-state index contributed by atoms with van der Waals surface area (Å²) in [5.41, 5.74) is 0. The SMILES string of the molecule is CCCC1NC(CCC)N(C(CC)C2CCCCC2)C1=O. The first-order valence-corrected chi connectivity index (χ1v) is 9.31. The van der Waals surface area contributed by atoms with Gasteiger partial charge in [-0.25, -0.2) is 0 Å². The smallest absolute Gasteiger partial charge is 0.241 e. The van der Waals surface area contributed by atoms with E-state index in [-0.39, 0.29) is 12.2 Å². The molecular formula is C18H34N2O. The van der Waals surface area contributed by atoms with Crippen LogP contribution in [0.5, 0.6) is 0 Å². The molecule has 1 aliphatic heterocycles. The fourth-order valence-corrected chi connectivity index (χ4v) is 4.38. The molecule has 122 valence electrons. The minimum absolute atomic E-state index is 0.0733. The summed E-state index contributed by atoms with van der Waals surface area (Å²) < 4.78 is 0. The number of hydrogen-bond acceptors (Lipinski definition) is 2. The van der Waals surface area contributed by atoms with E-state index in [1.807, 2.05) is 0 Å². The summed E-state index contributed by atoms with van der Waals surface area (Å²) in [5, 5.41) is 3.62. The summed E-state index contributed by atoms with van der Waals surface area (Å²) >= 11 is 0. The van der Waals surface area contributed by atoms with E-state index in [1.165, 1.54) is 32.1 Å². The minimum atomic E-state index is 0.0733. The molecule has 2 aliphatic rings. The lowest BCUT2D eigenvalue weighted by atomic mass is 9.82. The summed E-state index contributed by atoms with van der Waals surface area (Å²) in [4.78, 5) is 15.2. The summed E-state index contributed by atoms with van der Waals surface area (Å²) in [7, 11) is 0. The van der Waals surface area contributed by atoms with Crippen LogP contribution in [0.15, 0.2) is 0 Å². The van der Waals surface area contributed by atoms with Crippen molar-refractivity contribution >= 4 is 5.91 Å². The Morgan fingerprint density at radius 3 is 2.33 bits per heavy atom. The van der Waals surface area contributed by atoms with Crippen molar-refractivity contribution in [1.29, 1.82) is 0 Å². The Morgan fingerprint density at radius 2 is 1.76 bits per heavy atom. The molecule has 1 saturated carbocycles. The van der Waals surface area contributed by atoms with Crippen molar-refractivity contribution in [3.8, 4) is 0 Å². The molecule has 21 heavy (non-hydrogen) atoms. The van der Waals surface area contributed by atoms with E-state index >= 15 is 0 Å². The third-order valence-electron chi connectivity index (χ3n) is 5.39. The number of nitrogens with one attached hydrogen (secondary N) is 1. The van der Waals surface area contributed by atoms with E-state index in [4.69, 9.17) is 0 Å². The Labute approximate surface area is 130 Å². The number of nitrogens with zero attached hydrogens (tertiary/aromatic N) is 1. The van der Waals surface area contributed by atoms with Crippen LogP contribution in [0, 0.1) is 5.92 Å². The molecule has 0 radical (unpaired) electrons. The molecule has 1 N–H and O–H groups in total. The Kier molecular flexibility index (Phi) is 6.53. The van der Waals surface area contributed by atoms with Crippen LogP contribution in [-0.4, -0.2) is 29.1 Å². The monoisotopic (exact) mass is 294 g/mol. The molecule has 1 aliphatic carbocycles. The van der Waals surface area contributed by atoms with Crippen molar-refractivity contribution in [1.82, 2.24) is 10.2 Å². The summed E-state index contributed by atoms with van der Waals surface area (Å²) in [6.07, 6.45) is 12.4. The molecule has 1 heterocycles. The molecular weight excluding hydrogens is 260 g/mol. The van der Waals surface area contributed by atoms with Gasteiger partial charge < -0.3 is 4.90 Å². The standard InChI is InChI=1S/C18H34N2O/c1-4-10-15-18(21)20(17(19-15)11-5-2)16(6-3)14-12-8-7-9-13-14/h14-17,19H,4-13H2,1-3H3. The van der Waals surface area contributed by atoms with Crippen molar-refractivity contribution in [3.63, 3.8) is 0 Å². The van der Waals surface area contributed by atoms with E-state index in [1.54, 1.807) is 0 Å². The second kappa shape index (κ2) is 8.17. The van der Waals surface area contributed by atoms with Gasteiger partial charge in [0.25, 0.3) is 0 Å². The second-order valence-corrected chi connectivity index (χ2v) is 6.93. The Balaban J connectivity index is 2.12. The van der Waals surface area contributed by atoms with Crippen molar-refractivity contribution in [2.75, 3.05) is 0 Å². The van der Waals surface area contributed by atoms with E-state index in [9.17, 15) is 4.79 Å². The van der Waals surface area contributed by atoms with Crippen LogP contribution in [0.1, 0.15) is 85.0 Å². The molecule has 0 aromatic carbocycles. The predicted octanol–water partition coefficient (Wildman–Crippen LogP) is 4.07. The fourth-order valence-electron chi connectivity index (χ4n) is 4.38. The van der Waals surface area contributed by atoms with Gasteiger partial charge in [0.2, 0.25) is 5.91 Å². The maximum atomic E-state index is 12.9. The van der Waals surface area contributed by atoms with Crippen LogP contribution >= 0.6 is 0 Å². The average molecular weight is 294 g/mol. The minimum Gasteiger partial charge on any atom is -0.323 e. The van der Waals surface area contributed by atoms with E-state index in [2.05, 4.69) is 31.0 Å². The molecule has 0 bridgehead atoms. The van der Waals surface area contributed by atoms with Crippen LogP contribution in [0.4, 0.5) is 0 Å². The highest BCUT2D eigenvalue weighted by atomic mass is 16.2. The van der Waals surface area contributed by atoms with Crippen LogP contribution in [0.3, 0.4) is 0 Å². The molecule has 2 fully saturated rings. The zero-order chi connectivity index (χ0) is 15.2. The van der Waals surface area contributed by atoms with E-state index < -0.39 is 0 Å². The van der Waals surface area contributed by atoms with Gasteiger partial charge in [-0.2, -0.15) is 0 Å². The Bertz CT molecular complexity index is 325. The first kappa shape index (κ1) is 16.8. The molecule has 3 heteroatoms. The van der Waals surface area contributed by atoms with Crippen LogP contribution in [0.2, 0.25) is 0 Å². The first-order valence-electron chi connectivity index (χ1n) is 9.31. The third-order valence-corrected chi connectivity index (χ3v) is 5.39. The fraction of sp³-hybridized carbons (Fsp3) is 0.944. The van der Waals surface area contributed by atoms with Gasteiger partial charge in [0.1, 0.15) is 0 Å². The molecule has 0 aromatic rings. The number of carbonyl (C=O) groups is 1. The van der Waals surface area contributed by atoms with Gasteiger partial charge in [0.15, 0.2) is 0 Å². The van der Waals surface area contributed by atoms with Crippen molar-refractivity contribution in [3.05, 3.63) is 0 Å². The quantitative estimate of drug-likeness (QED) is 0.767. The summed E-state index contributed by atoms with van der Waals surface area (Å²) in [6.45, 7) is 6.66. The molecule has 3 nitrogen and oxygen atoms in total. The Hall–Kier alpha value is -0.570.